The summed E-state index contributed by atoms with van der Waals surface area (Å²) >= 11 is 0. The van der Waals surface area contributed by atoms with E-state index in [1.54, 1.807) is 13.8 Å². The van der Waals surface area contributed by atoms with E-state index in [1.807, 2.05) is 30.3 Å². The first kappa shape index (κ1) is 29.3. The molecule has 3 heterocycles. The maximum absolute atomic E-state index is 13.6. The summed E-state index contributed by atoms with van der Waals surface area (Å²) in [5.74, 6) is -0.884. The highest BCUT2D eigenvalue weighted by Crippen LogP contribution is 2.43. The Balaban J connectivity index is 1.75. The molecule has 1 aromatic carbocycles. The Morgan fingerprint density at radius 1 is 1.18 bits per heavy atom. The number of benzene rings is 1. The highest BCUT2D eigenvalue weighted by atomic mass is 32.2. The first-order chi connectivity index (χ1) is 17.5. The Kier molecular flexibility index (Phi) is 7.78. The summed E-state index contributed by atoms with van der Waals surface area (Å²) in [7, 11) is -3.54. The molecule has 2 aliphatic heterocycles. The summed E-state index contributed by atoms with van der Waals surface area (Å²) in [5.41, 5.74) is 1.53. The van der Waals surface area contributed by atoms with Crippen molar-refractivity contribution in [2.45, 2.75) is 95.9 Å². The van der Waals surface area contributed by atoms with Gasteiger partial charge < -0.3 is 24.1 Å². The molecular formula is C26H41N3O7SSi. The molecule has 0 unspecified atom stereocenters. The molecule has 10 nitrogen and oxygen atoms in total. The molecule has 0 aliphatic carbocycles. The third-order valence-corrected chi connectivity index (χ3v) is 14.9. The van der Waals surface area contributed by atoms with Gasteiger partial charge in [0.25, 0.3) is 0 Å². The van der Waals surface area contributed by atoms with Gasteiger partial charge in [0.15, 0.2) is 12.1 Å². The van der Waals surface area contributed by atoms with Crippen molar-refractivity contribution >= 4 is 23.7 Å². The van der Waals surface area contributed by atoms with E-state index in [0.29, 0.717) is 5.45 Å². The summed E-state index contributed by atoms with van der Waals surface area (Å²) in [4.78, 5) is 4.61. The van der Waals surface area contributed by atoms with Gasteiger partial charge in [-0.25, -0.2) is 8.96 Å². The van der Waals surface area contributed by atoms with Crippen LogP contribution in [0, 0.1) is 0 Å². The smallest absolute Gasteiger partial charge is 0.308 e. The molecule has 212 valence electrons. The predicted molar refractivity (Wildman–Crippen MR) is 146 cm³/mol. The average molecular weight is 568 g/mol. The van der Waals surface area contributed by atoms with Gasteiger partial charge in [-0.15, -0.1) is 0 Å². The van der Waals surface area contributed by atoms with Crippen molar-refractivity contribution in [1.29, 1.82) is 0 Å². The third-order valence-electron chi connectivity index (χ3n) is 7.80. The lowest BCUT2D eigenvalue weighted by Crippen LogP contribution is -2.56. The number of aliphatic hydroxyl groups is 1. The maximum atomic E-state index is 13.6. The summed E-state index contributed by atoms with van der Waals surface area (Å²) < 4.78 is 54.1. The number of aromatic nitrogens is 2. The van der Waals surface area contributed by atoms with Gasteiger partial charge in [0.05, 0.1) is 18.5 Å². The first-order valence-corrected chi connectivity index (χ1v) is 17.2. The number of aliphatic hydroxyl groups excluding tert-OH is 1. The zero-order valence-electron chi connectivity index (χ0n) is 23.7. The van der Waals surface area contributed by atoms with Crippen molar-refractivity contribution in [2.24, 2.45) is 0 Å². The zero-order valence-corrected chi connectivity index (χ0v) is 25.5. The lowest BCUT2D eigenvalue weighted by molar-refractivity contribution is -0.231. The molecular weight excluding hydrogens is 526 g/mol. The van der Waals surface area contributed by atoms with Crippen LogP contribution in [0.2, 0.25) is 18.1 Å². The summed E-state index contributed by atoms with van der Waals surface area (Å²) in [5, 5.41) is 11.5. The summed E-state index contributed by atoms with van der Waals surface area (Å²) in [6, 6.07) is 9.65. The van der Waals surface area contributed by atoms with Crippen molar-refractivity contribution in [3.8, 4) is 0 Å². The van der Waals surface area contributed by atoms with Crippen LogP contribution < -0.4 is 5.45 Å². The molecule has 2 saturated heterocycles. The number of fused-ring (bicyclic) bond motifs is 1. The minimum Gasteiger partial charge on any atom is -0.384 e. The number of nitrogens with zero attached hydrogens (tertiary/aromatic N) is 3. The lowest BCUT2D eigenvalue weighted by Gasteiger charge is -2.37. The number of hydrogen-bond acceptors (Lipinski definition) is 8. The molecule has 12 heteroatoms. The van der Waals surface area contributed by atoms with E-state index in [1.165, 1.54) is 24.3 Å². The van der Waals surface area contributed by atoms with Crippen molar-refractivity contribution in [3.05, 3.63) is 47.8 Å². The molecule has 38 heavy (non-hydrogen) atoms. The molecule has 5 atom stereocenters. The Morgan fingerprint density at radius 2 is 1.82 bits per heavy atom. The Labute approximate surface area is 227 Å². The summed E-state index contributed by atoms with van der Waals surface area (Å²) in [6.45, 7) is 14.3. The second kappa shape index (κ2) is 10.1. The predicted octanol–water partition coefficient (Wildman–Crippen LogP) is 2.75. The first-order valence-electron chi connectivity index (χ1n) is 12.8. The zero-order chi connectivity index (χ0) is 28.3. The van der Waals surface area contributed by atoms with Crippen molar-refractivity contribution in [2.75, 3.05) is 14.1 Å². The number of rotatable bonds is 8. The van der Waals surface area contributed by atoms with Crippen LogP contribution in [-0.4, -0.2) is 79.3 Å². The van der Waals surface area contributed by atoms with Gasteiger partial charge >= 0.3 is 10.2 Å². The molecule has 0 saturated carbocycles. The van der Waals surface area contributed by atoms with Gasteiger partial charge in [0.1, 0.15) is 37.9 Å². The molecule has 1 aromatic heterocycles. The van der Waals surface area contributed by atoms with Crippen molar-refractivity contribution < 1.29 is 32.5 Å². The van der Waals surface area contributed by atoms with Crippen LogP contribution in [0.1, 0.15) is 52.0 Å². The van der Waals surface area contributed by atoms with Gasteiger partial charge in [0.2, 0.25) is 0 Å². The van der Waals surface area contributed by atoms with E-state index in [0.717, 1.165) is 9.87 Å². The molecule has 4 rings (SSSR count). The number of imidazole rings is 1. The van der Waals surface area contributed by atoms with Crippen LogP contribution in [0.3, 0.4) is 0 Å². The van der Waals surface area contributed by atoms with E-state index in [2.05, 4.69) is 38.8 Å². The van der Waals surface area contributed by atoms with Crippen molar-refractivity contribution in [3.63, 3.8) is 0 Å². The largest absolute Gasteiger partial charge is 0.384 e. The molecule has 0 radical (unpaired) electrons. The second-order valence-electron chi connectivity index (χ2n) is 12.2. The fourth-order valence-corrected chi connectivity index (χ4v) is 8.33. The molecule has 0 amide bonds. The van der Waals surface area contributed by atoms with Gasteiger partial charge in [0, 0.05) is 14.1 Å². The third kappa shape index (κ3) is 5.25. The quantitative estimate of drug-likeness (QED) is 0.485. The number of hydrogen-bond donors (Lipinski definition) is 1. The fourth-order valence-electron chi connectivity index (χ4n) is 4.59. The maximum Gasteiger partial charge on any atom is 0.308 e. The number of ether oxygens (including phenoxy) is 4. The van der Waals surface area contributed by atoms with Crippen molar-refractivity contribution in [1.82, 2.24) is 13.3 Å². The van der Waals surface area contributed by atoms with Gasteiger partial charge in [-0.2, -0.15) is 12.7 Å². The average Bonchev–Trinajstić information content (AvgIpc) is 3.48. The van der Waals surface area contributed by atoms with E-state index in [-0.39, 0.29) is 17.3 Å². The van der Waals surface area contributed by atoms with E-state index >= 15 is 0 Å². The van der Waals surface area contributed by atoms with Crippen LogP contribution in [-0.2, 0) is 35.8 Å². The van der Waals surface area contributed by atoms with Crippen LogP contribution in [0.5, 0.6) is 0 Å². The normalized spacial score (nSPS) is 26.6. The Bertz CT molecular complexity index is 1240. The van der Waals surface area contributed by atoms with E-state index in [9.17, 15) is 13.5 Å². The van der Waals surface area contributed by atoms with E-state index in [4.69, 9.17) is 18.9 Å². The van der Waals surface area contributed by atoms with Gasteiger partial charge in [-0.05, 0) is 24.4 Å². The molecule has 2 fully saturated rings. The molecule has 2 aromatic rings. The van der Waals surface area contributed by atoms with E-state index < -0.39 is 54.8 Å². The van der Waals surface area contributed by atoms with Gasteiger partial charge in [-0.1, -0.05) is 64.2 Å². The Morgan fingerprint density at radius 3 is 2.39 bits per heavy atom. The lowest BCUT2D eigenvalue weighted by atomic mass is 10.0. The SMILES string of the molecule is CN(C)S(=O)(=O)n1c([C@H](O)[C@H]2O[C@@H]3OC(C)(C)O[C@@H]3[C@H]2OCc2ccccc2)cnc1[Si](C)(C)C(C)(C)C. The van der Waals surface area contributed by atoms with Crippen LogP contribution in [0.15, 0.2) is 36.5 Å². The molecule has 2 aliphatic rings. The second-order valence-corrected chi connectivity index (χ2v) is 19.4. The van der Waals surface area contributed by atoms with Crippen LogP contribution in [0.4, 0.5) is 0 Å². The Hall–Kier alpha value is -1.64. The molecule has 0 bridgehead atoms. The minimum absolute atomic E-state index is 0.121. The molecule has 1 N–H and O–H groups in total. The van der Waals surface area contributed by atoms with Gasteiger partial charge in [-0.3, -0.25) is 0 Å². The van der Waals surface area contributed by atoms with Crippen LogP contribution >= 0.6 is 0 Å². The fraction of sp³-hybridized carbons (Fsp3) is 0.654. The summed E-state index contributed by atoms with van der Waals surface area (Å²) in [6.07, 6.45) is -2.98. The monoisotopic (exact) mass is 567 g/mol. The molecule has 0 spiro atoms. The standard InChI is InChI=1S/C26H41N3O7SSi/c1-25(2,3)38(8,9)24-27-15-18(29(24)37(31,32)28(6)7)19(30)20-21(33-16-17-13-11-10-12-14-17)22-23(34-20)36-26(4,5)35-22/h10-15,19-23,30H,16H2,1-9H3/t19-,20+,21-,22+,23+/m0/s1. The highest BCUT2D eigenvalue weighted by molar-refractivity contribution is 7.87. The van der Waals surface area contributed by atoms with Crippen LogP contribution in [0.25, 0.3) is 0 Å². The minimum atomic E-state index is -4.02. The highest BCUT2D eigenvalue weighted by Gasteiger charge is 2.58. The topological polar surface area (TPSA) is 112 Å².